The molecule has 0 aliphatic rings. The van der Waals surface area contributed by atoms with Crippen molar-refractivity contribution in [3.63, 3.8) is 0 Å². The van der Waals surface area contributed by atoms with Crippen molar-refractivity contribution in [3.8, 4) is 11.5 Å². The Morgan fingerprint density at radius 2 is 1.81 bits per heavy atom. The molecule has 0 saturated heterocycles. The highest BCUT2D eigenvalue weighted by atomic mass is 79.9. The average Bonchev–Trinajstić information content (AvgIpc) is 3.10. The predicted molar refractivity (Wildman–Crippen MR) is 103 cm³/mol. The number of carbonyl (C=O) groups is 1. The molecule has 26 heavy (non-hydrogen) atoms. The number of aromatic nitrogens is 2. The first-order valence-electron chi connectivity index (χ1n) is 8.45. The van der Waals surface area contributed by atoms with Crippen LogP contribution in [0.3, 0.4) is 0 Å². The average molecular weight is 414 g/mol. The maximum Gasteiger partial charge on any atom is 0.247 e. The highest BCUT2D eigenvalue weighted by Crippen LogP contribution is 2.19. The van der Waals surface area contributed by atoms with Gasteiger partial charge in [-0.15, -0.1) is 10.2 Å². The van der Waals surface area contributed by atoms with Gasteiger partial charge in [0, 0.05) is 22.9 Å². The molecule has 3 rings (SSSR count). The molecule has 2 aromatic carbocycles. The predicted octanol–water partition coefficient (Wildman–Crippen LogP) is 4.62. The summed E-state index contributed by atoms with van der Waals surface area (Å²) >= 11 is 3.41. The Kier molecular flexibility index (Phi) is 5.83. The third kappa shape index (κ3) is 4.79. The van der Waals surface area contributed by atoms with E-state index in [2.05, 4.69) is 31.4 Å². The summed E-state index contributed by atoms with van der Waals surface area (Å²) in [6.45, 7) is 3.99. The first kappa shape index (κ1) is 18.3. The van der Waals surface area contributed by atoms with E-state index < -0.39 is 0 Å². The van der Waals surface area contributed by atoms with E-state index in [4.69, 9.17) is 4.42 Å². The summed E-state index contributed by atoms with van der Waals surface area (Å²) in [5.74, 6) is 0.895. The summed E-state index contributed by atoms with van der Waals surface area (Å²) in [6.07, 6.45) is 0.716. The normalized spacial score (nSPS) is 12.0. The van der Waals surface area contributed by atoms with Crippen molar-refractivity contribution in [3.05, 3.63) is 70.0 Å². The second-order valence-electron chi connectivity index (χ2n) is 6.21. The fourth-order valence-corrected chi connectivity index (χ4v) is 2.80. The number of rotatable bonds is 6. The molecule has 1 heterocycles. The summed E-state index contributed by atoms with van der Waals surface area (Å²) in [7, 11) is 0. The minimum atomic E-state index is -0.0543. The number of nitrogens with one attached hydrogen (secondary N) is 1. The molecule has 0 fully saturated rings. The Bertz CT molecular complexity index is 873. The van der Waals surface area contributed by atoms with Crippen molar-refractivity contribution in [2.45, 2.75) is 32.7 Å². The Morgan fingerprint density at radius 1 is 1.12 bits per heavy atom. The van der Waals surface area contributed by atoms with Crippen LogP contribution in [0.4, 0.5) is 0 Å². The molecule has 1 amide bonds. The van der Waals surface area contributed by atoms with Crippen LogP contribution in [0.25, 0.3) is 11.5 Å². The molecular weight excluding hydrogens is 394 g/mol. The van der Waals surface area contributed by atoms with Crippen LogP contribution in [-0.4, -0.2) is 16.1 Å². The SMILES string of the molecule is Cc1ccc(-c2nnc(CCC(=O)N[C@@H](C)c3ccc(Br)cc3)o2)cc1. The smallest absolute Gasteiger partial charge is 0.247 e. The quantitative estimate of drug-likeness (QED) is 0.639. The Hall–Kier alpha value is -2.47. The van der Waals surface area contributed by atoms with Gasteiger partial charge in [-0.2, -0.15) is 0 Å². The van der Waals surface area contributed by atoms with E-state index in [9.17, 15) is 4.79 Å². The van der Waals surface area contributed by atoms with Crippen LogP contribution < -0.4 is 5.32 Å². The van der Waals surface area contributed by atoms with E-state index in [0.717, 1.165) is 15.6 Å². The Morgan fingerprint density at radius 3 is 2.50 bits per heavy atom. The van der Waals surface area contributed by atoms with Crippen molar-refractivity contribution in [2.75, 3.05) is 0 Å². The minimum Gasteiger partial charge on any atom is -0.421 e. The van der Waals surface area contributed by atoms with Crippen LogP contribution in [0.2, 0.25) is 0 Å². The largest absolute Gasteiger partial charge is 0.421 e. The van der Waals surface area contributed by atoms with Gasteiger partial charge in [-0.05, 0) is 43.7 Å². The van der Waals surface area contributed by atoms with E-state index in [1.54, 1.807) is 0 Å². The zero-order chi connectivity index (χ0) is 18.5. The van der Waals surface area contributed by atoms with Gasteiger partial charge in [0.25, 0.3) is 0 Å². The van der Waals surface area contributed by atoms with Crippen LogP contribution in [0, 0.1) is 6.92 Å². The number of halogens is 1. The topological polar surface area (TPSA) is 68.0 Å². The molecule has 0 radical (unpaired) electrons. The maximum atomic E-state index is 12.2. The molecule has 1 atom stereocenters. The summed E-state index contributed by atoms with van der Waals surface area (Å²) in [5, 5.41) is 11.1. The van der Waals surface area contributed by atoms with Crippen LogP contribution in [0.15, 0.2) is 57.4 Å². The van der Waals surface area contributed by atoms with Gasteiger partial charge in [0.15, 0.2) is 0 Å². The third-order valence-corrected chi connectivity index (χ3v) is 4.61. The van der Waals surface area contributed by atoms with Crippen molar-refractivity contribution >= 4 is 21.8 Å². The lowest BCUT2D eigenvalue weighted by Crippen LogP contribution is -2.26. The molecule has 5 nitrogen and oxygen atoms in total. The summed E-state index contributed by atoms with van der Waals surface area (Å²) in [4.78, 5) is 12.2. The molecule has 0 aliphatic carbocycles. The molecule has 1 N–H and O–H groups in total. The van der Waals surface area contributed by atoms with Crippen LogP contribution in [-0.2, 0) is 11.2 Å². The molecule has 6 heteroatoms. The molecule has 3 aromatic rings. The minimum absolute atomic E-state index is 0.0458. The van der Waals surface area contributed by atoms with E-state index in [1.165, 1.54) is 5.56 Å². The van der Waals surface area contributed by atoms with Crippen molar-refractivity contribution in [2.24, 2.45) is 0 Å². The number of carbonyl (C=O) groups excluding carboxylic acids is 1. The number of hydrogen-bond donors (Lipinski definition) is 1. The van der Waals surface area contributed by atoms with Crippen molar-refractivity contribution in [1.29, 1.82) is 0 Å². The molecule has 0 aliphatic heterocycles. The van der Waals surface area contributed by atoms with E-state index in [1.807, 2.05) is 62.4 Å². The van der Waals surface area contributed by atoms with E-state index in [-0.39, 0.29) is 11.9 Å². The fourth-order valence-electron chi connectivity index (χ4n) is 2.54. The first-order valence-corrected chi connectivity index (χ1v) is 9.25. The summed E-state index contributed by atoms with van der Waals surface area (Å²) in [6, 6.07) is 15.7. The number of nitrogens with zero attached hydrogens (tertiary/aromatic N) is 2. The molecule has 0 spiro atoms. The molecule has 0 bridgehead atoms. The summed E-state index contributed by atoms with van der Waals surface area (Å²) in [5.41, 5.74) is 3.11. The van der Waals surface area contributed by atoms with Gasteiger partial charge in [-0.1, -0.05) is 45.8 Å². The van der Waals surface area contributed by atoms with Gasteiger partial charge in [-0.3, -0.25) is 4.79 Å². The lowest BCUT2D eigenvalue weighted by atomic mass is 10.1. The van der Waals surface area contributed by atoms with Crippen molar-refractivity contribution < 1.29 is 9.21 Å². The molecular formula is C20H20BrN3O2. The third-order valence-electron chi connectivity index (χ3n) is 4.08. The Labute approximate surface area is 161 Å². The zero-order valence-electron chi connectivity index (χ0n) is 14.7. The number of aryl methyl sites for hydroxylation is 2. The molecule has 0 saturated carbocycles. The van der Waals surface area contributed by atoms with Gasteiger partial charge in [-0.25, -0.2) is 0 Å². The molecule has 1 aromatic heterocycles. The summed E-state index contributed by atoms with van der Waals surface area (Å²) < 4.78 is 6.67. The van der Waals surface area contributed by atoms with E-state index in [0.29, 0.717) is 24.6 Å². The molecule has 0 unspecified atom stereocenters. The second kappa shape index (κ2) is 8.27. The number of hydrogen-bond acceptors (Lipinski definition) is 4. The van der Waals surface area contributed by atoms with Gasteiger partial charge in [0.2, 0.25) is 17.7 Å². The number of benzene rings is 2. The maximum absolute atomic E-state index is 12.2. The van der Waals surface area contributed by atoms with Gasteiger partial charge >= 0.3 is 0 Å². The van der Waals surface area contributed by atoms with Crippen molar-refractivity contribution in [1.82, 2.24) is 15.5 Å². The standard InChI is InChI=1S/C20H20BrN3O2/c1-13-3-5-16(6-4-13)20-24-23-19(26-20)12-11-18(25)22-14(2)15-7-9-17(21)10-8-15/h3-10,14H,11-12H2,1-2H3,(H,22,25)/t14-/m0/s1. The van der Waals surface area contributed by atoms with Crippen LogP contribution in [0.1, 0.15) is 36.4 Å². The lowest BCUT2D eigenvalue weighted by Gasteiger charge is -2.14. The fraction of sp³-hybridized carbons (Fsp3) is 0.250. The van der Waals surface area contributed by atoms with Crippen LogP contribution >= 0.6 is 15.9 Å². The Balaban J connectivity index is 1.53. The highest BCUT2D eigenvalue weighted by Gasteiger charge is 2.13. The van der Waals surface area contributed by atoms with Gasteiger partial charge in [0.05, 0.1) is 6.04 Å². The van der Waals surface area contributed by atoms with Crippen LogP contribution in [0.5, 0.6) is 0 Å². The van der Waals surface area contributed by atoms with Gasteiger partial charge < -0.3 is 9.73 Å². The lowest BCUT2D eigenvalue weighted by molar-refractivity contribution is -0.121. The number of amides is 1. The zero-order valence-corrected chi connectivity index (χ0v) is 16.3. The first-order chi connectivity index (χ1) is 12.5. The van der Waals surface area contributed by atoms with Gasteiger partial charge in [0.1, 0.15) is 0 Å². The second-order valence-corrected chi connectivity index (χ2v) is 7.12. The highest BCUT2D eigenvalue weighted by molar-refractivity contribution is 9.10. The van der Waals surface area contributed by atoms with E-state index >= 15 is 0 Å². The molecule has 134 valence electrons. The monoisotopic (exact) mass is 413 g/mol.